The van der Waals surface area contributed by atoms with Crippen molar-refractivity contribution in [3.63, 3.8) is 0 Å². The zero-order chi connectivity index (χ0) is 13.5. The number of likely N-dealkylation sites (tertiary alicyclic amines) is 1. The van der Waals surface area contributed by atoms with Gasteiger partial charge < -0.3 is 10.1 Å². The predicted molar refractivity (Wildman–Crippen MR) is 80.5 cm³/mol. The van der Waals surface area contributed by atoms with E-state index in [9.17, 15) is 0 Å². The van der Waals surface area contributed by atoms with Gasteiger partial charge in [-0.05, 0) is 57.5 Å². The molecule has 1 unspecified atom stereocenters. The Kier molecular flexibility index (Phi) is 5.67. The lowest BCUT2D eigenvalue weighted by Gasteiger charge is -2.18. The fourth-order valence-electron chi connectivity index (χ4n) is 2.58. The predicted octanol–water partition coefficient (Wildman–Crippen LogP) is 3.12. The van der Waals surface area contributed by atoms with Gasteiger partial charge in [0.1, 0.15) is 0 Å². The van der Waals surface area contributed by atoms with Crippen LogP contribution in [-0.2, 0) is 11.3 Å². The van der Waals surface area contributed by atoms with Crippen molar-refractivity contribution in [2.75, 3.05) is 31.6 Å². The summed E-state index contributed by atoms with van der Waals surface area (Å²) in [6, 6.07) is 9.11. The lowest BCUT2D eigenvalue weighted by molar-refractivity contribution is 0.141. The highest BCUT2D eigenvalue weighted by Crippen LogP contribution is 2.16. The van der Waals surface area contributed by atoms with Crippen molar-refractivity contribution in [2.45, 2.75) is 39.3 Å². The largest absolute Gasteiger partial charge is 0.380 e. The summed E-state index contributed by atoms with van der Waals surface area (Å²) in [5.41, 5.74) is 2.60. The molecule has 0 aromatic heterocycles. The molecule has 3 nitrogen and oxygen atoms in total. The van der Waals surface area contributed by atoms with E-state index in [1.165, 1.54) is 37.2 Å². The fourth-order valence-corrected chi connectivity index (χ4v) is 2.58. The molecule has 0 radical (unpaired) electrons. The minimum absolute atomic E-state index is 0.349. The van der Waals surface area contributed by atoms with Crippen LogP contribution in [0.5, 0.6) is 0 Å². The van der Waals surface area contributed by atoms with Crippen molar-refractivity contribution in [2.24, 2.45) is 0 Å². The molecule has 1 aromatic carbocycles. The van der Waals surface area contributed by atoms with Crippen LogP contribution in [0.25, 0.3) is 0 Å². The molecule has 1 fully saturated rings. The van der Waals surface area contributed by atoms with E-state index in [2.05, 4.69) is 41.4 Å². The number of hydrogen-bond donors (Lipinski definition) is 1. The molecule has 2 rings (SSSR count). The average molecular weight is 262 g/mol. The van der Waals surface area contributed by atoms with Crippen LogP contribution in [0.2, 0.25) is 0 Å². The standard InChI is InChI=1S/C16H26N2O/c1-3-19-13-14(2)17-16-8-6-7-15(11-16)12-18-9-4-5-10-18/h6-8,11,14,17H,3-5,9-10,12-13H2,1-2H3. The van der Waals surface area contributed by atoms with E-state index in [1.807, 2.05) is 6.92 Å². The zero-order valence-corrected chi connectivity index (χ0v) is 12.2. The number of nitrogens with zero attached hydrogens (tertiary/aromatic N) is 1. The Bertz CT molecular complexity index is 375. The van der Waals surface area contributed by atoms with Crippen LogP contribution in [-0.4, -0.2) is 37.2 Å². The van der Waals surface area contributed by atoms with Gasteiger partial charge in [-0.1, -0.05) is 12.1 Å². The van der Waals surface area contributed by atoms with Gasteiger partial charge in [0.15, 0.2) is 0 Å². The van der Waals surface area contributed by atoms with E-state index in [-0.39, 0.29) is 0 Å². The quantitative estimate of drug-likeness (QED) is 0.817. The summed E-state index contributed by atoms with van der Waals surface area (Å²) in [7, 11) is 0. The second-order valence-electron chi connectivity index (χ2n) is 5.39. The van der Waals surface area contributed by atoms with Crippen LogP contribution in [0.1, 0.15) is 32.3 Å². The molecule has 0 aliphatic carbocycles. The first kappa shape index (κ1) is 14.4. The van der Waals surface area contributed by atoms with Crippen LogP contribution in [0.4, 0.5) is 5.69 Å². The van der Waals surface area contributed by atoms with Gasteiger partial charge in [-0.2, -0.15) is 0 Å². The fraction of sp³-hybridized carbons (Fsp3) is 0.625. The van der Waals surface area contributed by atoms with Crippen molar-refractivity contribution >= 4 is 5.69 Å². The SMILES string of the molecule is CCOCC(C)Nc1cccc(CN2CCCC2)c1. The molecule has 0 amide bonds. The molecule has 1 aromatic rings. The van der Waals surface area contributed by atoms with Gasteiger partial charge in [0, 0.05) is 24.9 Å². The number of nitrogens with one attached hydrogen (secondary N) is 1. The van der Waals surface area contributed by atoms with Crippen LogP contribution in [0, 0.1) is 0 Å². The van der Waals surface area contributed by atoms with E-state index in [0.29, 0.717) is 6.04 Å². The molecule has 1 aliphatic heterocycles. The molecular formula is C16H26N2O. The molecule has 106 valence electrons. The second-order valence-corrected chi connectivity index (χ2v) is 5.39. The molecule has 19 heavy (non-hydrogen) atoms. The zero-order valence-electron chi connectivity index (χ0n) is 12.2. The monoisotopic (exact) mass is 262 g/mol. The van der Waals surface area contributed by atoms with Crippen molar-refractivity contribution in [1.82, 2.24) is 4.90 Å². The Hall–Kier alpha value is -1.06. The highest BCUT2D eigenvalue weighted by Gasteiger charge is 2.11. The van der Waals surface area contributed by atoms with E-state index >= 15 is 0 Å². The summed E-state index contributed by atoms with van der Waals surface area (Å²) in [5.74, 6) is 0. The Balaban J connectivity index is 1.87. The lowest BCUT2D eigenvalue weighted by Crippen LogP contribution is -2.22. The first-order chi connectivity index (χ1) is 9.28. The summed E-state index contributed by atoms with van der Waals surface area (Å²) in [4.78, 5) is 2.53. The molecule has 1 saturated heterocycles. The van der Waals surface area contributed by atoms with Gasteiger partial charge >= 0.3 is 0 Å². The molecule has 0 spiro atoms. The maximum atomic E-state index is 5.43. The van der Waals surface area contributed by atoms with E-state index < -0.39 is 0 Å². The topological polar surface area (TPSA) is 24.5 Å². The third-order valence-corrected chi connectivity index (χ3v) is 3.52. The number of ether oxygens (including phenoxy) is 1. The summed E-state index contributed by atoms with van der Waals surface area (Å²) in [6.07, 6.45) is 2.70. The summed E-state index contributed by atoms with van der Waals surface area (Å²) in [5, 5.41) is 3.50. The molecule has 0 bridgehead atoms. The Morgan fingerprint density at radius 3 is 2.84 bits per heavy atom. The van der Waals surface area contributed by atoms with Gasteiger partial charge in [0.25, 0.3) is 0 Å². The molecular weight excluding hydrogens is 236 g/mol. The minimum Gasteiger partial charge on any atom is -0.380 e. The Morgan fingerprint density at radius 2 is 2.11 bits per heavy atom. The minimum atomic E-state index is 0.349. The summed E-state index contributed by atoms with van der Waals surface area (Å²) in [6.45, 7) is 9.30. The maximum Gasteiger partial charge on any atom is 0.0664 e. The first-order valence-electron chi connectivity index (χ1n) is 7.43. The van der Waals surface area contributed by atoms with Crippen LogP contribution in [0.15, 0.2) is 24.3 Å². The van der Waals surface area contributed by atoms with Gasteiger partial charge in [-0.3, -0.25) is 4.90 Å². The van der Waals surface area contributed by atoms with Crippen LogP contribution < -0.4 is 5.32 Å². The van der Waals surface area contributed by atoms with Crippen molar-refractivity contribution < 1.29 is 4.74 Å². The molecule has 3 heteroatoms. The number of anilines is 1. The average Bonchev–Trinajstić information content (AvgIpc) is 2.89. The smallest absolute Gasteiger partial charge is 0.0664 e. The van der Waals surface area contributed by atoms with Gasteiger partial charge in [-0.15, -0.1) is 0 Å². The van der Waals surface area contributed by atoms with E-state index in [0.717, 1.165) is 19.8 Å². The number of rotatable bonds is 7. The van der Waals surface area contributed by atoms with Crippen molar-refractivity contribution in [3.05, 3.63) is 29.8 Å². The number of hydrogen-bond acceptors (Lipinski definition) is 3. The second kappa shape index (κ2) is 7.51. The summed E-state index contributed by atoms with van der Waals surface area (Å²) >= 11 is 0. The molecule has 1 N–H and O–H groups in total. The maximum absolute atomic E-state index is 5.43. The summed E-state index contributed by atoms with van der Waals surface area (Å²) < 4.78 is 5.43. The van der Waals surface area contributed by atoms with Crippen LogP contribution >= 0.6 is 0 Å². The van der Waals surface area contributed by atoms with Gasteiger partial charge in [-0.25, -0.2) is 0 Å². The first-order valence-corrected chi connectivity index (χ1v) is 7.43. The van der Waals surface area contributed by atoms with Gasteiger partial charge in [0.05, 0.1) is 6.61 Å². The molecule has 1 aliphatic rings. The number of benzene rings is 1. The molecule has 1 atom stereocenters. The highest BCUT2D eigenvalue weighted by molar-refractivity contribution is 5.46. The van der Waals surface area contributed by atoms with Crippen LogP contribution in [0.3, 0.4) is 0 Å². The van der Waals surface area contributed by atoms with E-state index in [1.54, 1.807) is 0 Å². The van der Waals surface area contributed by atoms with E-state index in [4.69, 9.17) is 4.74 Å². The third kappa shape index (κ3) is 4.84. The highest BCUT2D eigenvalue weighted by atomic mass is 16.5. The normalized spacial score (nSPS) is 17.6. The van der Waals surface area contributed by atoms with Crippen molar-refractivity contribution in [1.29, 1.82) is 0 Å². The van der Waals surface area contributed by atoms with Crippen molar-refractivity contribution in [3.8, 4) is 0 Å². The Morgan fingerprint density at radius 1 is 1.32 bits per heavy atom. The molecule has 1 heterocycles. The lowest BCUT2D eigenvalue weighted by atomic mass is 10.2. The molecule has 0 saturated carbocycles. The third-order valence-electron chi connectivity index (χ3n) is 3.52. The van der Waals surface area contributed by atoms with Gasteiger partial charge in [0.2, 0.25) is 0 Å². The Labute approximate surface area is 116 Å².